The van der Waals surface area contributed by atoms with E-state index in [-0.39, 0.29) is 16.5 Å². The number of carbonyl (C=O) groups is 2. The number of hydrogen-bond acceptors (Lipinski definition) is 10. The number of aryl methyl sites for hydroxylation is 1. The number of carbonyl (C=O) groups excluding carboxylic acids is 2. The number of ketones is 1. The van der Waals surface area contributed by atoms with Crippen LogP contribution in [-0.4, -0.2) is 45.7 Å². The van der Waals surface area contributed by atoms with Crippen molar-refractivity contribution in [2.24, 2.45) is 5.92 Å². The van der Waals surface area contributed by atoms with E-state index in [1.54, 1.807) is 30.3 Å². The Hall–Kier alpha value is -4.22. The second-order valence-electron chi connectivity index (χ2n) is 10.5. The van der Waals surface area contributed by atoms with E-state index in [4.69, 9.17) is 9.47 Å². The van der Waals surface area contributed by atoms with Gasteiger partial charge in [0.1, 0.15) is 5.76 Å². The summed E-state index contributed by atoms with van der Waals surface area (Å²) in [6.07, 6.45) is 3.89. The monoisotopic (exact) mass is 616 g/mol. The molecule has 43 heavy (non-hydrogen) atoms. The molecule has 222 valence electrons. The van der Waals surface area contributed by atoms with Crippen molar-refractivity contribution in [2.45, 2.75) is 43.3 Å². The van der Waals surface area contributed by atoms with Gasteiger partial charge in [0.05, 0.1) is 25.3 Å². The smallest absolute Gasteiger partial charge is 0.301 e. The van der Waals surface area contributed by atoms with Crippen molar-refractivity contribution in [3.8, 4) is 11.5 Å². The molecular weight excluding hydrogens is 585 g/mol. The molecular formula is C32H32N4O5S2. The molecule has 1 aliphatic heterocycles. The van der Waals surface area contributed by atoms with Crippen molar-refractivity contribution in [3.05, 3.63) is 94.8 Å². The minimum atomic E-state index is -0.977. The highest BCUT2D eigenvalue weighted by Gasteiger charge is 2.48. The van der Waals surface area contributed by atoms with Crippen molar-refractivity contribution < 1.29 is 24.2 Å². The molecule has 9 nitrogen and oxygen atoms in total. The Morgan fingerprint density at radius 2 is 1.79 bits per heavy atom. The van der Waals surface area contributed by atoms with Crippen LogP contribution >= 0.6 is 23.1 Å². The highest BCUT2D eigenvalue weighted by molar-refractivity contribution is 8.00. The van der Waals surface area contributed by atoms with Gasteiger partial charge in [-0.2, -0.15) is 0 Å². The third-order valence-corrected chi connectivity index (χ3v) is 9.07. The zero-order valence-corrected chi connectivity index (χ0v) is 25.9. The number of amides is 1. The standard InChI is InChI=1S/C32H32N4O5S2/c1-19(2)13-16-41-24-10-9-23(17-25(24)40-4)27-26(28(37)22-11-14-33-15-12-22)29(38)30(39)36(27)31-34-35-32(43-31)42-18-21-7-5-20(3)6-8-21/h5-12,14-15,17,19,27,37H,13,16,18H2,1-4H3. The molecule has 3 heterocycles. The predicted molar refractivity (Wildman–Crippen MR) is 168 cm³/mol. The normalized spacial score (nSPS) is 16.2. The molecule has 1 N–H and O–H groups in total. The topological polar surface area (TPSA) is 115 Å². The van der Waals surface area contributed by atoms with Gasteiger partial charge in [0.25, 0.3) is 5.78 Å². The average molecular weight is 617 g/mol. The largest absolute Gasteiger partial charge is 0.507 e. The summed E-state index contributed by atoms with van der Waals surface area (Å²) in [4.78, 5) is 32.4. The number of methoxy groups -OCH3 is 1. The fourth-order valence-corrected chi connectivity index (χ4v) is 6.40. The minimum Gasteiger partial charge on any atom is -0.507 e. The zero-order chi connectivity index (χ0) is 30.5. The Morgan fingerprint density at radius 3 is 2.49 bits per heavy atom. The summed E-state index contributed by atoms with van der Waals surface area (Å²) in [5, 5.41) is 20.2. The van der Waals surface area contributed by atoms with E-state index in [0.29, 0.717) is 45.2 Å². The first kappa shape index (κ1) is 30.2. The van der Waals surface area contributed by atoms with E-state index >= 15 is 0 Å². The van der Waals surface area contributed by atoms with Crippen LogP contribution in [0.4, 0.5) is 5.13 Å². The number of hydrogen-bond donors (Lipinski definition) is 1. The fourth-order valence-electron chi connectivity index (χ4n) is 4.58. The lowest BCUT2D eigenvalue weighted by atomic mass is 9.95. The van der Waals surface area contributed by atoms with Gasteiger partial charge in [-0.3, -0.25) is 19.5 Å². The van der Waals surface area contributed by atoms with Gasteiger partial charge in [-0.15, -0.1) is 10.2 Å². The van der Waals surface area contributed by atoms with Gasteiger partial charge >= 0.3 is 5.91 Å². The second-order valence-corrected chi connectivity index (χ2v) is 12.6. The summed E-state index contributed by atoms with van der Waals surface area (Å²) < 4.78 is 12.2. The Bertz CT molecular complexity index is 1640. The molecule has 0 saturated carbocycles. The molecule has 1 atom stereocenters. The SMILES string of the molecule is COc1cc(C2C(=C(O)c3ccncc3)C(=O)C(=O)N2c2nnc(SCc3ccc(C)cc3)s2)ccc1OCCC(C)C. The first-order chi connectivity index (χ1) is 20.8. The molecule has 4 aromatic rings. The first-order valence-corrected chi connectivity index (χ1v) is 15.6. The molecule has 5 rings (SSSR count). The van der Waals surface area contributed by atoms with Gasteiger partial charge in [-0.1, -0.05) is 72.8 Å². The lowest BCUT2D eigenvalue weighted by Crippen LogP contribution is -2.29. The van der Waals surface area contributed by atoms with Crippen molar-refractivity contribution in [3.63, 3.8) is 0 Å². The molecule has 1 saturated heterocycles. The molecule has 1 aliphatic rings. The lowest BCUT2D eigenvalue weighted by Gasteiger charge is -2.23. The predicted octanol–water partition coefficient (Wildman–Crippen LogP) is 6.59. The van der Waals surface area contributed by atoms with Gasteiger partial charge in [0.15, 0.2) is 15.8 Å². The second kappa shape index (κ2) is 13.4. The van der Waals surface area contributed by atoms with Gasteiger partial charge in [-0.25, -0.2) is 0 Å². The summed E-state index contributed by atoms with van der Waals surface area (Å²) in [6.45, 7) is 6.80. The number of ether oxygens (including phenoxy) is 2. The lowest BCUT2D eigenvalue weighted by molar-refractivity contribution is -0.132. The molecule has 1 amide bonds. The number of thioether (sulfide) groups is 1. The van der Waals surface area contributed by atoms with Crippen LogP contribution in [0.25, 0.3) is 5.76 Å². The van der Waals surface area contributed by atoms with Crippen LogP contribution in [0.3, 0.4) is 0 Å². The maximum atomic E-state index is 13.6. The number of anilines is 1. The maximum Gasteiger partial charge on any atom is 0.301 e. The number of nitrogens with zero attached hydrogens (tertiary/aromatic N) is 4. The highest BCUT2D eigenvalue weighted by Crippen LogP contribution is 2.45. The third-order valence-electron chi connectivity index (χ3n) is 6.94. The van der Waals surface area contributed by atoms with E-state index in [0.717, 1.165) is 12.0 Å². The number of aliphatic hydroxyl groups excluding tert-OH is 1. The molecule has 0 radical (unpaired) electrons. The number of Topliss-reactive ketones (excluding diaryl/α,β-unsaturated/α-hetero) is 1. The molecule has 0 aliphatic carbocycles. The van der Waals surface area contributed by atoms with E-state index in [9.17, 15) is 14.7 Å². The summed E-state index contributed by atoms with van der Waals surface area (Å²) >= 11 is 2.71. The van der Waals surface area contributed by atoms with E-state index in [2.05, 4.69) is 53.3 Å². The van der Waals surface area contributed by atoms with E-state index < -0.39 is 17.7 Å². The van der Waals surface area contributed by atoms with Crippen molar-refractivity contribution in [1.29, 1.82) is 0 Å². The summed E-state index contributed by atoms with van der Waals surface area (Å²) in [5.41, 5.74) is 3.17. The van der Waals surface area contributed by atoms with Gasteiger partial charge in [-0.05, 0) is 54.7 Å². The van der Waals surface area contributed by atoms with Gasteiger partial charge in [0.2, 0.25) is 5.13 Å². The zero-order valence-electron chi connectivity index (χ0n) is 24.3. The van der Waals surface area contributed by atoms with Crippen molar-refractivity contribution in [1.82, 2.24) is 15.2 Å². The molecule has 0 spiro atoms. The minimum absolute atomic E-state index is 0.0595. The number of aromatic nitrogens is 3. The van der Waals surface area contributed by atoms with Crippen LogP contribution in [0.15, 0.2) is 76.9 Å². The number of rotatable bonds is 11. The molecule has 1 unspecified atom stereocenters. The highest BCUT2D eigenvalue weighted by atomic mass is 32.2. The van der Waals surface area contributed by atoms with Crippen LogP contribution in [0.1, 0.15) is 48.6 Å². The van der Waals surface area contributed by atoms with Crippen molar-refractivity contribution in [2.75, 3.05) is 18.6 Å². The summed E-state index contributed by atoms with van der Waals surface area (Å²) in [5.74, 6) is 0.219. The van der Waals surface area contributed by atoms with Crippen LogP contribution in [-0.2, 0) is 15.3 Å². The van der Waals surface area contributed by atoms with E-state index in [1.165, 1.54) is 53.1 Å². The summed E-state index contributed by atoms with van der Waals surface area (Å²) in [6, 6.07) is 15.7. The fraction of sp³-hybridized carbons (Fsp3) is 0.281. The first-order valence-electron chi connectivity index (χ1n) is 13.8. The quantitative estimate of drug-likeness (QED) is 0.0655. The van der Waals surface area contributed by atoms with Crippen LogP contribution in [0, 0.1) is 12.8 Å². The van der Waals surface area contributed by atoms with E-state index in [1.807, 2.05) is 6.92 Å². The Kier molecular flexibility index (Phi) is 9.42. The Balaban J connectivity index is 1.53. The summed E-state index contributed by atoms with van der Waals surface area (Å²) in [7, 11) is 1.53. The molecule has 2 aromatic heterocycles. The van der Waals surface area contributed by atoms with Gasteiger partial charge in [0, 0.05) is 23.7 Å². The maximum absolute atomic E-state index is 13.6. The number of aliphatic hydroxyl groups is 1. The molecule has 11 heteroatoms. The third kappa shape index (κ3) is 6.73. The number of pyridine rings is 1. The van der Waals surface area contributed by atoms with Crippen LogP contribution < -0.4 is 14.4 Å². The Labute approximate surface area is 258 Å². The Morgan fingerprint density at radius 1 is 1.05 bits per heavy atom. The molecule has 1 fully saturated rings. The van der Waals surface area contributed by atoms with Crippen LogP contribution in [0.2, 0.25) is 0 Å². The molecule has 0 bridgehead atoms. The number of benzene rings is 2. The van der Waals surface area contributed by atoms with Gasteiger partial charge < -0.3 is 14.6 Å². The molecule has 2 aromatic carbocycles. The van der Waals surface area contributed by atoms with Crippen LogP contribution in [0.5, 0.6) is 11.5 Å². The van der Waals surface area contributed by atoms with Crippen molar-refractivity contribution >= 4 is 45.7 Å². The average Bonchev–Trinajstić information content (AvgIpc) is 3.58.